The number of anilines is 1. The third-order valence-electron chi connectivity index (χ3n) is 5.66. The Kier molecular flexibility index (Phi) is 6.79. The fourth-order valence-electron chi connectivity index (χ4n) is 3.90. The Balaban J connectivity index is 1.23. The lowest BCUT2D eigenvalue weighted by molar-refractivity contribution is -0.119. The highest BCUT2D eigenvalue weighted by atomic mass is 32.2. The predicted octanol–water partition coefficient (Wildman–Crippen LogP) is 6.67. The van der Waals surface area contributed by atoms with Gasteiger partial charge in [-0.3, -0.25) is 9.59 Å². The fraction of sp³-hybridized carbons (Fsp3) is 0.107. The number of aromatic nitrogens is 1. The third-order valence-corrected chi connectivity index (χ3v) is 7.83. The Morgan fingerprint density at radius 3 is 2.57 bits per heavy atom. The molecule has 0 spiro atoms. The second-order valence-electron chi connectivity index (χ2n) is 8.13. The SMILES string of the molecule is CC(NC(=O)CSc1nc2ccc(NC(=O)c3cccc4ccccc34)cc2s1)c1ccccc1. The summed E-state index contributed by atoms with van der Waals surface area (Å²) in [5, 5.41) is 7.99. The molecule has 0 bridgehead atoms. The van der Waals surface area contributed by atoms with E-state index in [2.05, 4.69) is 15.6 Å². The molecule has 2 N–H and O–H groups in total. The van der Waals surface area contributed by atoms with E-state index in [4.69, 9.17) is 0 Å². The van der Waals surface area contributed by atoms with Crippen molar-refractivity contribution in [3.8, 4) is 0 Å². The van der Waals surface area contributed by atoms with Crippen molar-refractivity contribution in [2.75, 3.05) is 11.1 Å². The van der Waals surface area contributed by atoms with Crippen molar-refractivity contribution in [1.29, 1.82) is 0 Å². The lowest BCUT2D eigenvalue weighted by atomic mass is 10.0. The maximum atomic E-state index is 13.0. The molecule has 5 nitrogen and oxygen atoms in total. The van der Waals surface area contributed by atoms with Gasteiger partial charge in [-0.15, -0.1) is 11.3 Å². The number of fused-ring (bicyclic) bond motifs is 2. The maximum absolute atomic E-state index is 13.0. The Bertz CT molecular complexity index is 1510. The van der Waals surface area contributed by atoms with Gasteiger partial charge in [0.05, 0.1) is 22.0 Å². The second kappa shape index (κ2) is 10.3. The van der Waals surface area contributed by atoms with Crippen LogP contribution in [-0.4, -0.2) is 22.6 Å². The molecule has 5 aromatic rings. The molecule has 0 saturated heterocycles. The summed E-state index contributed by atoms with van der Waals surface area (Å²) in [5.74, 6) is 0.111. The van der Waals surface area contributed by atoms with Crippen molar-refractivity contribution in [1.82, 2.24) is 10.3 Å². The van der Waals surface area contributed by atoms with Crippen molar-refractivity contribution in [2.24, 2.45) is 0 Å². The van der Waals surface area contributed by atoms with E-state index in [-0.39, 0.29) is 17.9 Å². The van der Waals surface area contributed by atoms with Gasteiger partial charge in [0.25, 0.3) is 5.91 Å². The molecule has 0 saturated carbocycles. The van der Waals surface area contributed by atoms with Gasteiger partial charge in [-0.05, 0) is 47.5 Å². The van der Waals surface area contributed by atoms with Crippen LogP contribution in [0.5, 0.6) is 0 Å². The Morgan fingerprint density at radius 2 is 1.71 bits per heavy atom. The van der Waals surface area contributed by atoms with Crippen LogP contribution in [0.4, 0.5) is 5.69 Å². The number of rotatable bonds is 7. The van der Waals surface area contributed by atoms with Gasteiger partial charge in [0.15, 0.2) is 4.34 Å². The van der Waals surface area contributed by atoms with E-state index in [1.54, 1.807) is 0 Å². The minimum Gasteiger partial charge on any atom is -0.349 e. The lowest BCUT2D eigenvalue weighted by Gasteiger charge is -2.13. The van der Waals surface area contributed by atoms with Crippen molar-refractivity contribution in [2.45, 2.75) is 17.3 Å². The van der Waals surface area contributed by atoms with E-state index in [1.165, 1.54) is 23.1 Å². The first-order chi connectivity index (χ1) is 17.1. The molecule has 0 radical (unpaired) electrons. The Labute approximate surface area is 211 Å². The number of benzene rings is 4. The number of amides is 2. The van der Waals surface area contributed by atoms with E-state index >= 15 is 0 Å². The van der Waals surface area contributed by atoms with Gasteiger partial charge in [0.1, 0.15) is 0 Å². The highest BCUT2D eigenvalue weighted by Gasteiger charge is 2.13. The number of carbonyl (C=O) groups excluding carboxylic acids is 2. The van der Waals surface area contributed by atoms with E-state index in [0.29, 0.717) is 17.0 Å². The number of hydrogen-bond acceptors (Lipinski definition) is 5. The first-order valence-corrected chi connectivity index (χ1v) is 13.0. The fourth-order valence-corrected chi connectivity index (χ4v) is 5.82. The van der Waals surface area contributed by atoms with Crippen LogP contribution < -0.4 is 10.6 Å². The van der Waals surface area contributed by atoms with Crippen LogP contribution in [0.3, 0.4) is 0 Å². The van der Waals surface area contributed by atoms with E-state index in [0.717, 1.165) is 30.9 Å². The summed E-state index contributed by atoms with van der Waals surface area (Å²) in [4.78, 5) is 30.0. The standard InChI is InChI=1S/C28H23N3O2S2/c1-18(19-8-3-2-4-9-19)29-26(32)17-34-28-31-24-15-14-21(16-25(24)35-28)30-27(33)23-13-7-11-20-10-5-6-12-22(20)23/h2-16,18H,17H2,1H3,(H,29,32)(H,30,33). The van der Waals surface area contributed by atoms with E-state index < -0.39 is 0 Å². The molecule has 0 aliphatic heterocycles. The smallest absolute Gasteiger partial charge is 0.256 e. The zero-order valence-electron chi connectivity index (χ0n) is 19.0. The largest absolute Gasteiger partial charge is 0.349 e. The Hall–Kier alpha value is -3.68. The number of carbonyl (C=O) groups is 2. The van der Waals surface area contributed by atoms with E-state index in [9.17, 15) is 9.59 Å². The summed E-state index contributed by atoms with van der Waals surface area (Å²) >= 11 is 2.93. The van der Waals surface area contributed by atoms with Crippen LogP contribution in [-0.2, 0) is 4.79 Å². The summed E-state index contributed by atoms with van der Waals surface area (Å²) in [5.41, 5.74) is 3.27. The summed E-state index contributed by atoms with van der Waals surface area (Å²) in [6, 6.07) is 29.1. The zero-order valence-corrected chi connectivity index (χ0v) is 20.7. The third kappa shape index (κ3) is 5.37. The molecule has 35 heavy (non-hydrogen) atoms. The van der Waals surface area contributed by atoms with Crippen LogP contribution >= 0.6 is 23.1 Å². The Morgan fingerprint density at radius 1 is 0.943 bits per heavy atom. The van der Waals surface area contributed by atoms with Crippen LogP contribution in [0, 0.1) is 0 Å². The highest BCUT2D eigenvalue weighted by molar-refractivity contribution is 8.01. The minimum atomic E-state index is -0.149. The number of hydrogen-bond donors (Lipinski definition) is 2. The average molecular weight is 498 g/mol. The molecular formula is C28H23N3O2S2. The molecule has 174 valence electrons. The number of nitrogens with zero attached hydrogens (tertiary/aromatic N) is 1. The number of thioether (sulfide) groups is 1. The summed E-state index contributed by atoms with van der Waals surface area (Å²) < 4.78 is 1.78. The topological polar surface area (TPSA) is 71.1 Å². The van der Waals surface area contributed by atoms with Crippen molar-refractivity contribution in [3.63, 3.8) is 0 Å². The van der Waals surface area contributed by atoms with Gasteiger partial charge < -0.3 is 10.6 Å². The first-order valence-electron chi connectivity index (χ1n) is 11.2. The van der Waals surface area contributed by atoms with Crippen LogP contribution in [0.15, 0.2) is 95.3 Å². The van der Waals surface area contributed by atoms with Gasteiger partial charge >= 0.3 is 0 Å². The molecular weight excluding hydrogens is 474 g/mol. The summed E-state index contributed by atoms with van der Waals surface area (Å²) in [6.07, 6.45) is 0. The van der Waals surface area contributed by atoms with Gasteiger partial charge in [-0.25, -0.2) is 4.98 Å². The molecule has 7 heteroatoms. The summed E-state index contributed by atoms with van der Waals surface area (Å²) in [7, 11) is 0. The number of thiazole rings is 1. The van der Waals surface area contributed by atoms with Crippen LogP contribution in [0.1, 0.15) is 28.9 Å². The average Bonchev–Trinajstić information content (AvgIpc) is 3.30. The molecule has 5 rings (SSSR count). The van der Waals surface area contributed by atoms with Crippen molar-refractivity contribution >= 4 is 61.6 Å². The van der Waals surface area contributed by atoms with Gasteiger partial charge in [-0.2, -0.15) is 0 Å². The zero-order chi connectivity index (χ0) is 24.2. The van der Waals surface area contributed by atoms with Gasteiger partial charge in [-0.1, -0.05) is 78.5 Å². The minimum absolute atomic E-state index is 0.0337. The van der Waals surface area contributed by atoms with Gasteiger partial charge in [0, 0.05) is 11.3 Å². The monoisotopic (exact) mass is 497 g/mol. The molecule has 4 aromatic carbocycles. The lowest BCUT2D eigenvalue weighted by Crippen LogP contribution is -2.28. The molecule has 0 aliphatic rings. The molecule has 1 atom stereocenters. The maximum Gasteiger partial charge on any atom is 0.256 e. The molecule has 0 fully saturated rings. The van der Waals surface area contributed by atoms with E-state index in [1.807, 2.05) is 97.9 Å². The highest BCUT2D eigenvalue weighted by Crippen LogP contribution is 2.31. The van der Waals surface area contributed by atoms with Crippen LogP contribution in [0.25, 0.3) is 21.0 Å². The summed E-state index contributed by atoms with van der Waals surface area (Å²) in [6.45, 7) is 1.98. The quantitative estimate of drug-likeness (QED) is 0.246. The van der Waals surface area contributed by atoms with Crippen molar-refractivity contribution in [3.05, 3.63) is 102 Å². The second-order valence-corrected chi connectivity index (χ2v) is 10.4. The first kappa shape index (κ1) is 23.1. The molecule has 0 aliphatic carbocycles. The molecule has 2 amide bonds. The normalized spacial score (nSPS) is 11.9. The van der Waals surface area contributed by atoms with Crippen LogP contribution in [0.2, 0.25) is 0 Å². The predicted molar refractivity (Wildman–Crippen MR) is 145 cm³/mol. The molecule has 1 aromatic heterocycles. The van der Waals surface area contributed by atoms with Crippen molar-refractivity contribution < 1.29 is 9.59 Å². The van der Waals surface area contributed by atoms with Gasteiger partial charge in [0.2, 0.25) is 5.91 Å². The molecule has 1 heterocycles. The number of nitrogens with one attached hydrogen (secondary N) is 2. The molecule has 1 unspecified atom stereocenters.